The molecule has 2 aliphatic heterocycles. The number of nitrogens with zero attached hydrogens (tertiary/aromatic N) is 2. The zero-order valence-corrected chi connectivity index (χ0v) is 17.9. The van der Waals surface area contributed by atoms with Crippen LogP contribution in [0.25, 0.3) is 0 Å². The Hall–Kier alpha value is -3.11. The molecule has 0 N–H and O–H groups in total. The van der Waals surface area contributed by atoms with E-state index in [4.69, 9.17) is 11.6 Å². The minimum Gasteiger partial charge on any atom is -0.311 e. The Balaban J connectivity index is 1.50. The van der Waals surface area contributed by atoms with Crippen molar-refractivity contribution in [3.05, 3.63) is 94.5 Å². The van der Waals surface area contributed by atoms with E-state index < -0.39 is 5.92 Å². The van der Waals surface area contributed by atoms with Crippen molar-refractivity contribution in [2.75, 3.05) is 22.9 Å². The van der Waals surface area contributed by atoms with Gasteiger partial charge in [0, 0.05) is 29.5 Å². The Morgan fingerprint density at radius 1 is 0.742 bits per heavy atom. The van der Waals surface area contributed by atoms with Gasteiger partial charge in [-0.25, -0.2) is 0 Å². The van der Waals surface area contributed by atoms with Gasteiger partial charge in [0.2, 0.25) is 11.8 Å². The maximum Gasteiger partial charge on any atom is 0.239 e. The van der Waals surface area contributed by atoms with Crippen LogP contribution >= 0.6 is 11.6 Å². The van der Waals surface area contributed by atoms with E-state index in [0.29, 0.717) is 18.1 Å². The van der Waals surface area contributed by atoms with Gasteiger partial charge in [0.1, 0.15) is 5.92 Å². The largest absolute Gasteiger partial charge is 0.311 e. The highest BCUT2D eigenvalue weighted by Crippen LogP contribution is 2.33. The van der Waals surface area contributed by atoms with Gasteiger partial charge < -0.3 is 9.80 Å². The first-order valence-electron chi connectivity index (χ1n) is 10.7. The molecule has 156 valence electrons. The molecule has 0 saturated heterocycles. The highest BCUT2D eigenvalue weighted by atomic mass is 35.5. The third-order valence-electron chi connectivity index (χ3n) is 6.28. The van der Waals surface area contributed by atoms with Crippen LogP contribution in [0.3, 0.4) is 0 Å². The lowest BCUT2D eigenvalue weighted by Crippen LogP contribution is -2.46. The third-order valence-corrected chi connectivity index (χ3v) is 6.65. The number of halogens is 1. The van der Waals surface area contributed by atoms with Gasteiger partial charge in [0.15, 0.2) is 0 Å². The van der Waals surface area contributed by atoms with E-state index in [9.17, 15) is 9.59 Å². The summed E-state index contributed by atoms with van der Waals surface area (Å²) in [4.78, 5) is 31.1. The van der Waals surface area contributed by atoms with E-state index in [2.05, 4.69) is 0 Å². The average Bonchev–Trinajstić information content (AvgIpc) is 3.42. The zero-order valence-electron chi connectivity index (χ0n) is 17.1. The van der Waals surface area contributed by atoms with Crippen molar-refractivity contribution in [2.45, 2.75) is 19.3 Å². The fourth-order valence-electron chi connectivity index (χ4n) is 4.67. The average molecular weight is 431 g/mol. The second kappa shape index (κ2) is 8.20. The van der Waals surface area contributed by atoms with Crippen LogP contribution in [0.4, 0.5) is 11.4 Å². The number of rotatable bonds is 4. The molecular weight excluding hydrogens is 408 g/mol. The molecule has 3 aromatic carbocycles. The normalized spacial score (nSPS) is 14.6. The molecule has 0 fully saturated rings. The smallest absolute Gasteiger partial charge is 0.239 e. The van der Waals surface area contributed by atoms with Crippen molar-refractivity contribution in [3.63, 3.8) is 0 Å². The standard InChI is InChI=1S/C26H23ClN2O2/c27-22-10-4-1-9-20(22)17-21(25(30)28-15-13-18-7-2-5-11-23(18)28)26(31)29-16-14-19-8-3-6-12-24(19)29/h1-12,21H,13-17H2. The lowest BCUT2D eigenvalue weighted by atomic mass is 9.96. The molecule has 4 nitrogen and oxygen atoms in total. The minimum absolute atomic E-state index is 0.153. The van der Waals surface area contributed by atoms with E-state index in [1.54, 1.807) is 15.9 Å². The molecule has 2 aliphatic rings. The van der Waals surface area contributed by atoms with Crippen molar-refractivity contribution in [1.82, 2.24) is 0 Å². The molecule has 0 spiro atoms. The summed E-state index contributed by atoms with van der Waals surface area (Å²) in [5.41, 5.74) is 4.92. The molecule has 0 saturated carbocycles. The second-order valence-electron chi connectivity index (χ2n) is 8.09. The quantitative estimate of drug-likeness (QED) is 0.564. The van der Waals surface area contributed by atoms with E-state index in [-0.39, 0.29) is 18.2 Å². The number of benzene rings is 3. The summed E-state index contributed by atoms with van der Waals surface area (Å²) in [6.45, 7) is 1.20. The summed E-state index contributed by atoms with van der Waals surface area (Å²) in [5, 5.41) is 0.580. The van der Waals surface area contributed by atoms with Crippen LogP contribution in [0.1, 0.15) is 16.7 Å². The fraction of sp³-hybridized carbons (Fsp3) is 0.231. The molecule has 0 aromatic heterocycles. The predicted molar refractivity (Wildman–Crippen MR) is 124 cm³/mol. The summed E-state index contributed by atoms with van der Waals surface area (Å²) >= 11 is 6.41. The maximum atomic E-state index is 13.8. The van der Waals surface area contributed by atoms with Crippen molar-refractivity contribution in [2.24, 2.45) is 5.92 Å². The van der Waals surface area contributed by atoms with Gasteiger partial charge in [-0.2, -0.15) is 0 Å². The molecule has 3 aromatic rings. The Bertz CT molecular complexity index is 1090. The van der Waals surface area contributed by atoms with Crippen molar-refractivity contribution in [1.29, 1.82) is 0 Å². The monoisotopic (exact) mass is 430 g/mol. The van der Waals surface area contributed by atoms with Gasteiger partial charge in [-0.05, 0) is 54.2 Å². The number of amides is 2. The summed E-state index contributed by atoms with van der Waals surface area (Å²) < 4.78 is 0. The topological polar surface area (TPSA) is 40.6 Å². The Labute approximate surface area is 187 Å². The lowest BCUT2D eigenvalue weighted by molar-refractivity contribution is -0.132. The summed E-state index contributed by atoms with van der Waals surface area (Å²) in [5.74, 6) is -1.13. The zero-order chi connectivity index (χ0) is 21.4. The van der Waals surface area contributed by atoms with E-state index in [1.807, 2.05) is 66.7 Å². The Kier molecular flexibility index (Phi) is 5.24. The fourth-order valence-corrected chi connectivity index (χ4v) is 4.89. The van der Waals surface area contributed by atoms with Gasteiger partial charge >= 0.3 is 0 Å². The summed E-state index contributed by atoms with van der Waals surface area (Å²) in [6.07, 6.45) is 1.90. The summed E-state index contributed by atoms with van der Waals surface area (Å²) in [6, 6.07) is 23.3. The molecule has 2 amide bonds. The Morgan fingerprint density at radius 3 is 1.77 bits per heavy atom. The van der Waals surface area contributed by atoms with E-state index in [1.165, 1.54) is 0 Å². The van der Waals surface area contributed by atoms with Crippen molar-refractivity contribution in [3.8, 4) is 0 Å². The number of hydrogen-bond donors (Lipinski definition) is 0. The van der Waals surface area contributed by atoms with Crippen molar-refractivity contribution >= 4 is 34.8 Å². The molecule has 0 unspecified atom stereocenters. The molecule has 31 heavy (non-hydrogen) atoms. The van der Waals surface area contributed by atoms with E-state index >= 15 is 0 Å². The van der Waals surface area contributed by atoms with Gasteiger partial charge in [-0.1, -0.05) is 66.2 Å². The van der Waals surface area contributed by atoms with Gasteiger partial charge in [-0.3, -0.25) is 9.59 Å². The number of carbonyl (C=O) groups excluding carboxylic acids is 2. The van der Waals surface area contributed by atoms with Crippen LogP contribution in [0.15, 0.2) is 72.8 Å². The number of fused-ring (bicyclic) bond motifs is 2. The Morgan fingerprint density at radius 2 is 1.23 bits per heavy atom. The number of para-hydroxylation sites is 2. The van der Waals surface area contributed by atoms with Crippen LogP contribution in [-0.2, 0) is 28.9 Å². The highest BCUT2D eigenvalue weighted by molar-refractivity contribution is 6.31. The first kappa shape index (κ1) is 19.8. The van der Waals surface area contributed by atoms with Crippen LogP contribution in [0, 0.1) is 5.92 Å². The van der Waals surface area contributed by atoms with Crippen LogP contribution in [0.5, 0.6) is 0 Å². The van der Waals surface area contributed by atoms with Crippen molar-refractivity contribution < 1.29 is 9.59 Å². The molecule has 0 bridgehead atoms. The third kappa shape index (κ3) is 3.61. The van der Waals surface area contributed by atoms with Gasteiger partial charge in [0.05, 0.1) is 0 Å². The molecule has 5 rings (SSSR count). The highest BCUT2D eigenvalue weighted by Gasteiger charge is 2.39. The van der Waals surface area contributed by atoms with Crippen LogP contribution < -0.4 is 9.80 Å². The summed E-state index contributed by atoms with van der Waals surface area (Å²) in [7, 11) is 0. The molecule has 0 atom stereocenters. The van der Waals surface area contributed by atoms with E-state index in [0.717, 1.165) is 40.9 Å². The minimum atomic E-state index is -0.822. The lowest BCUT2D eigenvalue weighted by Gasteiger charge is -2.28. The van der Waals surface area contributed by atoms with Gasteiger partial charge in [0.25, 0.3) is 0 Å². The molecule has 2 heterocycles. The second-order valence-corrected chi connectivity index (χ2v) is 8.49. The first-order chi connectivity index (χ1) is 15.1. The first-order valence-corrected chi connectivity index (χ1v) is 11.0. The molecule has 0 aliphatic carbocycles. The number of anilines is 2. The van der Waals surface area contributed by atoms with Gasteiger partial charge in [-0.15, -0.1) is 0 Å². The predicted octanol–water partition coefficient (Wildman–Crippen LogP) is 4.68. The number of hydrogen-bond acceptors (Lipinski definition) is 2. The number of carbonyl (C=O) groups is 2. The molecule has 5 heteroatoms. The molecule has 0 radical (unpaired) electrons. The van der Waals surface area contributed by atoms with Crippen LogP contribution in [-0.4, -0.2) is 24.9 Å². The maximum absolute atomic E-state index is 13.8. The van der Waals surface area contributed by atoms with Crippen LogP contribution in [0.2, 0.25) is 5.02 Å². The SMILES string of the molecule is O=C(C(Cc1ccccc1Cl)C(=O)N1CCc2ccccc21)N1CCc2ccccc21. The molecular formula is C26H23ClN2O2.